The second-order valence-corrected chi connectivity index (χ2v) is 5.37. The molecule has 2 aromatic carbocycles. The molecular weight excluding hydrogens is 266 g/mol. The molecule has 1 N–H and O–H groups in total. The molecule has 1 aliphatic carbocycles. The Labute approximate surface area is 123 Å². The van der Waals surface area contributed by atoms with E-state index in [0.717, 1.165) is 16.5 Å². The SMILES string of the molecule is CCN(C(=O)C1CC1C(=O)O)c1cccc2ccccc12. The molecular formula is C17H17NO3. The first-order valence-corrected chi connectivity index (χ1v) is 7.15. The predicted octanol–water partition coefficient (Wildman–Crippen LogP) is 2.91. The van der Waals surface area contributed by atoms with Crippen LogP contribution in [0.1, 0.15) is 13.3 Å². The summed E-state index contributed by atoms with van der Waals surface area (Å²) >= 11 is 0. The van der Waals surface area contributed by atoms with Crippen LogP contribution in [0.15, 0.2) is 42.5 Å². The summed E-state index contributed by atoms with van der Waals surface area (Å²) in [5.74, 6) is -1.84. The third-order valence-corrected chi connectivity index (χ3v) is 4.06. The first-order valence-electron chi connectivity index (χ1n) is 7.15. The average molecular weight is 283 g/mol. The third-order valence-electron chi connectivity index (χ3n) is 4.06. The quantitative estimate of drug-likeness (QED) is 0.938. The Bertz CT molecular complexity index is 705. The fourth-order valence-electron chi connectivity index (χ4n) is 2.83. The van der Waals surface area contributed by atoms with Crippen molar-refractivity contribution in [3.8, 4) is 0 Å². The lowest BCUT2D eigenvalue weighted by molar-refractivity contribution is -0.140. The van der Waals surface area contributed by atoms with Crippen LogP contribution in [-0.4, -0.2) is 23.5 Å². The van der Waals surface area contributed by atoms with E-state index in [1.165, 1.54) is 0 Å². The van der Waals surface area contributed by atoms with Gasteiger partial charge in [-0.15, -0.1) is 0 Å². The molecule has 21 heavy (non-hydrogen) atoms. The molecule has 1 aliphatic rings. The van der Waals surface area contributed by atoms with Crippen molar-refractivity contribution in [3.05, 3.63) is 42.5 Å². The normalized spacial score (nSPS) is 20.2. The maximum absolute atomic E-state index is 12.6. The molecule has 2 atom stereocenters. The lowest BCUT2D eigenvalue weighted by atomic mass is 10.1. The number of hydrogen-bond acceptors (Lipinski definition) is 2. The van der Waals surface area contributed by atoms with Crippen LogP contribution < -0.4 is 4.90 Å². The number of carboxylic acid groups (broad SMARTS) is 1. The van der Waals surface area contributed by atoms with Crippen LogP contribution in [-0.2, 0) is 9.59 Å². The highest BCUT2D eigenvalue weighted by molar-refractivity contribution is 6.06. The van der Waals surface area contributed by atoms with Crippen molar-refractivity contribution >= 4 is 28.3 Å². The zero-order valence-corrected chi connectivity index (χ0v) is 11.8. The minimum absolute atomic E-state index is 0.0822. The van der Waals surface area contributed by atoms with E-state index < -0.39 is 11.9 Å². The monoisotopic (exact) mass is 283 g/mol. The molecule has 1 amide bonds. The van der Waals surface area contributed by atoms with Crippen LogP contribution in [0.3, 0.4) is 0 Å². The van der Waals surface area contributed by atoms with E-state index in [0.29, 0.717) is 13.0 Å². The molecule has 4 nitrogen and oxygen atoms in total. The van der Waals surface area contributed by atoms with E-state index in [2.05, 4.69) is 0 Å². The third kappa shape index (κ3) is 2.37. The van der Waals surface area contributed by atoms with Gasteiger partial charge < -0.3 is 10.0 Å². The number of amides is 1. The predicted molar refractivity (Wildman–Crippen MR) is 81.2 cm³/mol. The highest BCUT2D eigenvalue weighted by Gasteiger charge is 2.49. The van der Waals surface area contributed by atoms with Crippen molar-refractivity contribution in [2.24, 2.45) is 11.8 Å². The molecule has 0 spiro atoms. The number of nitrogens with zero attached hydrogens (tertiary/aromatic N) is 1. The number of carboxylic acids is 1. The lowest BCUT2D eigenvalue weighted by Gasteiger charge is -2.23. The first kappa shape index (κ1) is 13.6. The topological polar surface area (TPSA) is 57.6 Å². The Morgan fingerprint density at radius 1 is 1.14 bits per heavy atom. The van der Waals surface area contributed by atoms with Crippen molar-refractivity contribution in [2.75, 3.05) is 11.4 Å². The second-order valence-electron chi connectivity index (χ2n) is 5.37. The van der Waals surface area contributed by atoms with E-state index in [-0.39, 0.29) is 11.8 Å². The molecule has 1 saturated carbocycles. The number of anilines is 1. The summed E-state index contributed by atoms with van der Waals surface area (Å²) in [7, 11) is 0. The van der Waals surface area contributed by atoms with Crippen molar-refractivity contribution in [2.45, 2.75) is 13.3 Å². The van der Waals surface area contributed by atoms with Crippen LogP contribution in [0.5, 0.6) is 0 Å². The van der Waals surface area contributed by atoms with Gasteiger partial charge in [-0.25, -0.2) is 0 Å². The summed E-state index contributed by atoms with van der Waals surface area (Å²) in [5.41, 5.74) is 0.858. The Balaban J connectivity index is 1.96. The summed E-state index contributed by atoms with van der Waals surface area (Å²) in [6.45, 7) is 2.45. The highest BCUT2D eigenvalue weighted by Crippen LogP contribution is 2.41. The number of rotatable bonds is 4. The average Bonchev–Trinajstić information content (AvgIpc) is 3.29. The van der Waals surface area contributed by atoms with Gasteiger partial charge in [0.2, 0.25) is 5.91 Å². The Hall–Kier alpha value is -2.36. The van der Waals surface area contributed by atoms with Crippen LogP contribution in [0.2, 0.25) is 0 Å². The summed E-state index contributed by atoms with van der Waals surface area (Å²) in [6.07, 6.45) is 0.454. The first-order chi connectivity index (χ1) is 10.1. The van der Waals surface area contributed by atoms with Gasteiger partial charge in [-0.05, 0) is 24.8 Å². The zero-order chi connectivity index (χ0) is 15.0. The van der Waals surface area contributed by atoms with Gasteiger partial charge in [0.05, 0.1) is 17.5 Å². The molecule has 3 rings (SSSR count). The summed E-state index contributed by atoms with van der Waals surface area (Å²) < 4.78 is 0. The Kier molecular flexibility index (Phi) is 3.37. The fourth-order valence-corrected chi connectivity index (χ4v) is 2.83. The molecule has 4 heteroatoms. The van der Waals surface area contributed by atoms with E-state index in [4.69, 9.17) is 5.11 Å². The zero-order valence-electron chi connectivity index (χ0n) is 11.8. The van der Waals surface area contributed by atoms with Gasteiger partial charge in [0, 0.05) is 11.9 Å². The van der Waals surface area contributed by atoms with Gasteiger partial charge in [0.1, 0.15) is 0 Å². The molecule has 0 bridgehead atoms. The molecule has 108 valence electrons. The van der Waals surface area contributed by atoms with Crippen molar-refractivity contribution < 1.29 is 14.7 Å². The molecule has 0 saturated heterocycles. The number of fused-ring (bicyclic) bond motifs is 1. The Morgan fingerprint density at radius 3 is 2.52 bits per heavy atom. The number of benzene rings is 2. The standard InChI is InChI=1S/C17H17NO3/c1-2-18(16(19)13-10-14(13)17(20)21)15-9-5-7-11-6-3-4-8-12(11)15/h3-9,13-14H,2,10H2,1H3,(H,20,21). The van der Waals surface area contributed by atoms with E-state index in [9.17, 15) is 9.59 Å². The lowest BCUT2D eigenvalue weighted by Crippen LogP contribution is -2.33. The van der Waals surface area contributed by atoms with Crippen LogP contribution in [0, 0.1) is 11.8 Å². The minimum atomic E-state index is -0.873. The fraction of sp³-hybridized carbons (Fsp3) is 0.294. The van der Waals surface area contributed by atoms with Crippen molar-refractivity contribution in [3.63, 3.8) is 0 Å². The maximum atomic E-state index is 12.6. The van der Waals surface area contributed by atoms with Gasteiger partial charge >= 0.3 is 5.97 Å². The van der Waals surface area contributed by atoms with Gasteiger partial charge in [-0.1, -0.05) is 36.4 Å². The summed E-state index contributed by atoms with van der Waals surface area (Å²) in [4.78, 5) is 25.2. The van der Waals surface area contributed by atoms with Crippen LogP contribution >= 0.6 is 0 Å². The molecule has 1 fully saturated rings. The second kappa shape index (κ2) is 5.20. The van der Waals surface area contributed by atoms with Crippen molar-refractivity contribution in [1.29, 1.82) is 0 Å². The van der Waals surface area contributed by atoms with Gasteiger partial charge in [-0.3, -0.25) is 9.59 Å². The van der Waals surface area contributed by atoms with Crippen molar-refractivity contribution in [1.82, 2.24) is 0 Å². The van der Waals surface area contributed by atoms with Gasteiger partial charge in [0.25, 0.3) is 0 Å². The molecule has 0 aliphatic heterocycles. The van der Waals surface area contributed by atoms with E-state index >= 15 is 0 Å². The van der Waals surface area contributed by atoms with Crippen LogP contribution in [0.25, 0.3) is 10.8 Å². The number of aliphatic carboxylic acids is 1. The van der Waals surface area contributed by atoms with E-state index in [1.54, 1.807) is 4.90 Å². The highest BCUT2D eigenvalue weighted by atomic mass is 16.4. The number of carbonyl (C=O) groups excluding carboxylic acids is 1. The molecule has 0 aromatic heterocycles. The minimum Gasteiger partial charge on any atom is -0.481 e. The number of hydrogen-bond donors (Lipinski definition) is 1. The molecule has 2 aromatic rings. The Morgan fingerprint density at radius 2 is 1.86 bits per heavy atom. The maximum Gasteiger partial charge on any atom is 0.307 e. The molecule has 2 unspecified atom stereocenters. The largest absolute Gasteiger partial charge is 0.481 e. The van der Waals surface area contributed by atoms with E-state index in [1.807, 2.05) is 49.4 Å². The summed E-state index contributed by atoms with van der Waals surface area (Å²) in [5, 5.41) is 11.1. The molecule has 0 heterocycles. The smallest absolute Gasteiger partial charge is 0.307 e. The van der Waals surface area contributed by atoms with Gasteiger partial charge in [0.15, 0.2) is 0 Å². The number of carbonyl (C=O) groups is 2. The van der Waals surface area contributed by atoms with Crippen LogP contribution in [0.4, 0.5) is 5.69 Å². The molecule has 0 radical (unpaired) electrons. The van der Waals surface area contributed by atoms with Gasteiger partial charge in [-0.2, -0.15) is 0 Å². The summed E-state index contributed by atoms with van der Waals surface area (Å²) in [6, 6.07) is 13.8.